The van der Waals surface area contributed by atoms with Crippen LogP contribution < -0.4 is 0 Å². The highest BCUT2D eigenvalue weighted by Crippen LogP contribution is 2.52. The Bertz CT molecular complexity index is 643. The van der Waals surface area contributed by atoms with Crippen molar-refractivity contribution >= 4 is 11.8 Å². The second-order valence-electron chi connectivity index (χ2n) is 11.0. The monoisotopic (exact) mass is 478 g/mol. The first-order valence-corrected chi connectivity index (χ1v) is 14.5. The number of carbonyl (C=O) groups excluding carboxylic acids is 2. The van der Waals surface area contributed by atoms with Crippen LogP contribution in [0.2, 0.25) is 0 Å². The second-order valence-corrected chi connectivity index (χ2v) is 11.0. The minimum Gasteiger partial charge on any atom is -0.381 e. The molecule has 2 aliphatic carbocycles. The highest BCUT2D eigenvalue weighted by Gasteiger charge is 2.59. The van der Waals surface area contributed by atoms with Crippen LogP contribution in [0.5, 0.6) is 0 Å². The van der Waals surface area contributed by atoms with Crippen LogP contribution in [0, 0.1) is 53.3 Å². The van der Waals surface area contributed by atoms with Gasteiger partial charge in [-0.1, -0.05) is 75.2 Å². The summed E-state index contributed by atoms with van der Waals surface area (Å²) < 4.78 is 5.34. The minimum atomic E-state index is 0.316. The molecule has 0 aromatic heterocycles. The molecule has 0 spiro atoms. The first-order chi connectivity index (χ1) is 16.3. The summed E-state index contributed by atoms with van der Waals surface area (Å²) in [7, 11) is 0. The van der Waals surface area contributed by atoms with Crippen molar-refractivity contribution in [3.63, 3.8) is 0 Å². The van der Waals surface area contributed by atoms with Crippen molar-refractivity contribution in [1.29, 1.82) is 0 Å². The van der Waals surface area contributed by atoms with Crippen LogP contribution in [0.3, 0.4) is 0 Å². The van der Waals surface area contributed by atoms with Gasteiger partial charge < -0.3 is 14.5 Å². The van der Waals surface area contributed by atoms with E-state index < -0.39 is 0 Å². The van der Waals surface area contributed by atoms with Crippen molar-refractivity contribution < 1.29 is 14.3 Å². The topological polar surface area (TPSA) is 49.9 Å². The van der Waals surface area contributed by atoms with E-state index in [-0.39, 0.29) is 0 Å². The van der Waals surface area contributed by atoms with E-state index in [9.17, 15) is 9.59 Å². The summed E-state index contributed by atoms with van der Waals surface area (Å²) in [6.45, 7) is 24.8. The number of hydrogen-bond acceptors (Lipinski definition) is 3. The normalized spacial score (nSPS) is 39.0. The lowest BCUT2D eigenvalue weighted by Crippen LogP contribution is -2.32. The predicted octanol–water partition coefficient (Wildman–Crippen LogP) is 5.58. The van der Waals surface area contributed by atoms with E-state index in [1.807, 2.05) is 27.7 Å². The molecule has 5 aliphatic rings. The molecule has 0 radical (unpaired) electrons. The van der Waals surface area contributed by atoms with Crippen LogP contribution in [0.25, 0.3) is 0 Å². The van der Waals surface area contributed by atoms with Gasteiger partial charge in [-0.05, 0) is 47.8 Å². The Labute approximate surface area is 210 Å². The molecule has 8 unspecified atom stereocenters. The van der Waals surface area contributed by atoms with Crippen molar-refractivity contribution in [3.8, 4) is 0 Å². The molecule has 34 heavy (non-hydrogen) atoms. The molecular formula is C29H54N2O3. The Morgan fingerprint density at radius 3 is 1.47 bits per heavy atom. The summed E-state index contributed by atoms with van der Waals surface area (Å²) in [4.78, 5) is 28.5. The van der Waals surface area contributed by atoms with Gasteiger partial charge in [0.1, 0.15) is 0 Å². The van der Waals surface area contributed by atoms with Gasteiger partial charge in [-0.2, -0.15) is 0 Å². The second kappa shape index (κ2) is 13.3. The fraction of sp³-hybridized carbons (Fsp3) is 0.931. The molecule has 0 bridgehead atoms. The summed E-state index contributed by atoms with van der Waals surface area (Å²) in [5.41, 5.74) is 0. The van der Waals surface area contributed by atoms with E-state index in [1.54, 1.807) is 0 Å². The van der Waals surface area contributed by atoms with Crippen molar-refractivity contribution in [2.75, 3.05) is 39.4 Å². The van der Waals surface area contributed by atoms with Gasteiger partial charge in [0.15, 0.2) is 0 Å². The van der Waals surface area contributed by atoms with Crippen LogP contribution >= 0.6 is 0 Å². The number of carbonyl (C=O) groups is 2. The fourth-order valence-corrected chi connectivity index (χ4v) is 6.21. The third-order valence-electron chi connectivity index (χ3n) is 8.87. The molecule has 5 nitrogen and oxygen atoms in total. The van der Waals surface area contributed by atoms with E-state index in [2.05, 4.69) is 44.4 Å². The number of fused-ring (bicyclic) bond motifs is 1. The maximum absolute atomic E-state index is 12.3. The largest absolute Gasteiger partial charge is 0.381 e. The summed E-state index contributed by atoms with van der Waals surface area (Å²) in [6, 6.07) is 0. The molecule has 5 rings (SSSR count). The summed E-state index contributed by atoms with van der Waals surface area (Å²) in [6.07, 6.45) is 3.54. The zero-order valence-corrected chi connectivity index (χ0v) is 23.7. The Balaban J connectivity index is 0.000000211. The number of likely N-dealkylation sites (tertiary alicyclic amines) is 2. The highest BCUT2D eigenvalue weighted by molar-refractivity contribution is 5.83. The molecule has 8 atom stereocenters. The summed E-state index contributed by atoms with van der Waals surface area (Å²) in [5.74, 6) is 6.16. The molecule has 5 heteroatoms. The fourth-order valence-electron chi connectivity index (χ4n) is 6.21. The van der Waals surface area contributed by atoms with E-state index in [4.69, 9.17) is 4.74 Å². The lowest BCUT2D eigenvalue weighted by Gasteiger charge is -2.17. The number of hydrogen-bond donors (Lipinski definition) is 0. The molecule has 0 aromatic rings. The Morgan fingerprint density at radius 1 is 0.706 bits per heavy atom. The zero-order valence-electron chi connectivity index (χ0n) is 23.7. The first kappa shape index (κ1) is 29.1. The van der Waals surface area contributed by atoms with Crippen LogP contribution in [0.15, 0.2) is 0 Å². The summed E-state index contributed by atoms with van der Waals surface area (Å²) in [5, 5.41) is 0. The lowest BCUT2D eigenvalue weighted by molar-refractivity contribution is -0.133. The highest BCUT2D eigenvalue weighted by atomic mass is 16.5. The molecule has 2 saturated carbocycles. The van der Waals surface area contributed by atoms with Gasteiger partial charge in [-0.15, -0.1) is 0 Å². The smallest absolute Gasteiger partial charge is 0.226 e. The van der Waals surface area contributed by atoms with Gasteiger partial charge in [-0.3, -0.25) is 9.59 Å². The van der Waals surface area contributed by atoms with Crippen LogP contribution in [-0.4, -0.2) is 61.0 Å². The zero-order chi connectivity index (χ0) is 25.6. The number of rotatable bonds is 4. The van der Waals surface area contributed by atoms with Crippen molar-refractivity contribution in [1.82, 2.24) is 9.80 Å². The lowest BCUT2D eigenvalue weighted by atomic mass is 9.96. The van der Waals surface area contributed by atoms with E-state index in [0.29, 0.717) is 53.2 Å². The minimum absolute atomic E-state index is 0.316. The number of nitrogens with zero attached hydrogens (tertiary/aromatic N) is 2. The molecule has 2 amide bonds. The van der Waals surface area contributed by atoms with Gasteiger partial charge in [0.25, 0.3) is 0 Å². The van der Waals surface area contributed by atoms with Gasteiger partial charge >= 0.3 is 0 Å². The molecule has 3 aliphatic heterocycles. The van der Waals surface area contributed by atoms with Gasteiger partial charge in [-0.25, -0.2) is 0 Å². The average molecular weight is 479 g/mol. The first-order valence-electron chi connectivity index (χ1n) is 14.5. The van der Waals surface area contributed by atoms with Crippen LogP contribution in [-0.2, 0) is 14.3 Å². The van der Waals surface area contributed by atoms with Crippen molar-refractivity contribution in [3.05, 3.63) is 0 Å². The molecule has 5 fully saturated rings. The van der Waals surface area contributed by atoms with Crippen molar-refractivity contribution in [2.45, 2.75) is 81.6 Å². The van der Waals surface area contributed by atoms with Gasteiger partial charge in [0.2, 0.25) is 11.8 Å². The van der Waals surface area contributed by atoms with Gasteiger partial charge in [0, 0.05) is 38.0 Å². The Kier molecular flexibility index (Phi) is 11.4. The van der Waals surface area contributed by atoms with Crippen molar-refractivity contribution in [2.24, 2.45) is 53.3 Å². The maximum atomic E-state index is 12.3. The SMILES string of the molecule is CC.CC.CCC1CN(C(=O)C2C3COCC32)CC1C.CCC1CN(C(=O)C2CC2C)CC1C. The van der Waals surface area contributed by atoms with Gasteiger partial charge in [0.05, 0.1) is 13.2 Å². The summed E-state index contributed by atoms with van der Waals surface area (Å²) >= 11 is 0. The third kappa shape index (κ3) is 6.56. The number of amides is 2. The molecule has 3 heterocycles. The molecular weight excluding hydrogens is 424 g/mol. The number of ether oxygens (including phenoxy) is 1. The van der Waals surface area contributed by atoms with E-state index >= 15 is 0 Å². The van der Waals surface area contributed by atoms with Crippen LogP contribution in [0.4, 0.5) is 0 Å². The Hall–Kier alpha value is -1.10. The van der Waals surface area contributed by atoms with E-state index in [0.717, 1.165) is 57.6 Å². The molecule has 0 aromatic carbocycles. The molecule has 198 valence electrons. The van der Waals surface area contributed by atoms with Crippen LogP contribution in [0.1, 0.15) is 81.6 Å². The maximum Gasteiger partial charge on any atom is 0.226 e. The predicted molar refractivity (Wildman–Crippen MR) is 140 cm³/mol. The third-order valence-corrected chi connectivity index (χ3v) is 8.87. The van der Waals surface area contributed by atoms with E-state index in [1.165, 1.54) is 12.8 Å². The molecule has 3 saturated heterocycles. The molecule has 0 N–H and O–H groups in total. The average Bonchev–Trinajstić information content (AvgIpc) is 3.51. The quantitative estimate of drug-likeness (QED) is 0.530. The Morgan fingerprint density at radius 2 is 1.12 bits per heavy atom. The standard InChI is InChI=1S/C13H21NO2.C12H21NO.2C2H6/c1-3-9-5-14(4-8(9)2)13(15)12-10-6-16-7-11(10)12;1-4-10-7-13(6-9(10)3)12(14)11-5-8(11)2;2*1-2/h8-12H,3-7H2,1-2H3;8-11H,4-7H2,1-3H3;2*1-2H3.